The van der Waals surface area contributed by atoms with Gasteiger partial charge >= 0.3 is 0 Å². The molecule has 0 saturated heterocycles. The van der Waals surface area contributed by atoms with E-state index in [2.05, 4.69) is 24.7 Å². The van der Waals surface area contributed by atoms with Crippen LogP contribution < -0.4 is 15.2 Å². The van der Waals surface area contributed by atoms with Crippen LogP contribution in [0.25, 0.3) is 33.3 Å². The summed E-state index contributed by atoms with van der Waals surface area (Å²) >= 11 is 0. The predicted molar refractivity (Wildman–Crippen MR) is 165 cm³/mol. The van der Waals surface area contributed by atoms with Gasteiger partial charge in [-0.2, -0.15) is 0 Å². The second kappa shape index (κ2) is 12.3. The lowest BCUT2D eigenvalue weighted by molar-refractivity contribution is 0.261. The Morgan fingerprint density at radius 3 is 2.63 bits per heavy atom. The number of ether oxygens (including phenoxy) is 1. The molecule has 0 aliphatic carbocycles. The second-order valence-corrected chi connectivity index (χ2v) is 12.2. The van der Waals surface area contributed by atoms with Crippen LogP contribution in [0.5, 0.6) is 5.75 Å². The number of hydrogen-bond acceptors (Lipinski definition) is 9. The molecule has 4 heterocycles. The van der Waals surface area contributed by atoms with E-state index in [1.165, 1.54) is 12.1 Å². The number of anilines is 1. The molecule has 4 aromatic heterocycles. The summed E-state index contributed by atoms with van der Waals surface area (Å²) in [4.78, 5) is 18.4. The number of benzene rings is 1. The second-order valence-electron chi connectivity index (χ2n) is 10.3. The number of nitrogens with one attached hydrogen (secondary N) is 3. The fourth-order valence-corrected chi connectivity index (χ4v) is 4.93. The molecule has 5 N–H and O–H groups in total. The molecule has 0 bridgehead atoms. The first-order valence-corrected chi connectivity index (χ1v) is 15.2. The zero-order valence-corrected chi connectivity index (χ0v) is 24.7. The minimum absolute atomic E-state index is 0.0636. The maximum absolute atomic E-state index is 14.5. The molecular formula is C30H31FN8O3S. The number of H-pyrrole nitrogens is 1. The van der Waals surface area contributed by atoms with Gasteiger partial charge in [-0.05, 0) is 62.1 Å². The van der Waals surface area contributed by atoms with Crippen LogP contribution in [0.1, 0.15) is 16.8 Å². The maximum atomic E-state index is 14.5. The Hall–Kier alpha value is -4.72. The highest BCUT2D eigenvalue weighted by molar-refractivity contribution is 7.88. The van der Waals surface area contributed by atoms with Crippen LogP contribution in [0.15, 0.2) is 67.3 Å². The van der Waals surface area contributed by atoms with Crippen molar-refractivity contribution in [2.45, 2.75) is 6.54 Å². The third-order valence-electron chi connectivity index (χ3n) is 6.63. The van der Waals surface area contributed by atoms with Crippen LogP contribution in [0, 0.1) is 11.2 Å². The van der Waals surface area contributed by atoms with E-state index in [4.69, 9.17) is 15.9 Å². The molecule has 0 saturated carbocycles. The fourth-order valence-electron chi connectivity index (χ4n) is 4.50. The molecule has 0 amide bonds. The van der Waals surface area contributed by atoms with Crippen molar-refractivity contribution in [2.24, 2.45) is 0 Å². The molecule has 0 radical (unpaired) electrons. The number of rotatable bonds is 11. The topological polar surface area (TPSA) is 163 Å². The number of likely N-dealkylation sites (N-methyl/N-ethyl adjacent to an activating group) is 1. The van der Waals surface area contributed by atoms with Crippen molar-refractivity contribution in [3.63, 3.8) is 0 Å². The quantitative estimate of drug-likeness (QED) is 0.166. The predicted octanol–water partition coefficient (Wildman–Crippen LogP) is 3.81. The van der Waals surface area contributed by atoms with Gasteiger partial charge in [0.2, 0.25) is 10.0 Å². The van der Waals surface area contributed by atoms with Gasteiger partial charge in [-0.1, -0.05) is 0 Å². The van der Waals surface area contributed by atoms with Gasteiger partial charge in [0, 0.05) is 64.8 Å². The molecule has 5 rings (SSSR count). The Kier molecular flexibility index (Phi) is 8.48. The molecule has 5 aromatic rings. The van der Waals surface area contributed by atoms with Gasteiger partial charge in [0.15, 0.2) is 0 Å². The van der Waals surface area contributed by atoms with Crippen molar-refractivity contribution >= 4 is 32.5 Å². The third kappa shape index (κ3) is 7.20. The highest BCUT2D eigenvalue weighted by atomic mass is 32.2. The summed E-state index contributed by atoms with van der Waals surface area (Å²) in [6.45, 7) is 1.21. The molecule has 13 heteroatoms. The van der Waals surface area contributed by atoms with Crippen LogP contribution in [0.4, 0.5) is 10.2 Å². The van der Waals surface area contributed by atoms with E-state index in [0.29, 0.717) is 56.9 Å². The van der Waals surface area contributed by atoms with E-state index in [1.807, 2.05) is 25.1 Å². The van der Waals surface area contributed by atoms with Crippen molar-refractivity contribution in [1.29, 1.82) is 5.41 Å². The van der Waals surface area contributed by atoms with Crippen molar-refractivity contribution in [3.05, 3.63) is 89.9 Å². The number of aromatic nitrogens is 4. The number of nitrogens with two attached hydrogens (primary N) is 1. The van der Waals surface area contributed by atoms with Crippen LogP contribution in [-0.4, -0.2) is 72.5 Å². The van der Waals surface area contributed by atoms with E-state index in [1.54, 1.807) is 49.1 Å². The lowest BCUT2D eigenvalue weighted by Crippen LogP contribution is -2.21. The van der Waals surface area contributed by atoms with Gasteiger partial charge in [0.1, 0.15) is 24.0 Å². The molecule has 0 aliphatic rings. The minimum atomic E-state index is -3.46. The van der Waals surface area contributed by atoms with Crippen molar-refractivity contribution in [3.8, 4) is 28.1 Å². The van der Waals surface area contributed by atoms with Crippen LogP contribution in [0.3, 0.4) is 0 Å². The molecule has 11 nitrogen and oxygen atoms in total. The normalized spacial score (nSPS) is 11.7. The highest BCUT2D eigenvalue weighted by Gasteiger charge is 2.17. The average Bonchev–Trinajstić information content (AvgIpc) is 3.40. The van der Waals surface area contributed by atoms with Crippen LogP contribution >= 0.6 is 0 Å². The summed E-state index contributed by atoms with van der Waals surface area (Å²) in [6, 6.07) is 11.4. The molecule has 0 aliphatic heterocycles. The lowest BCUT2D eigenvalue weighted by Gasteiger charge is -2.12. The average molecular weight is 603 g/mol. The number of fused-ring (bicyclic) bond motifs is 1. The lowest BCUT2D eigenvalue weighted by atomic mass is 10.0. The van der Waals surface area contributed by atoms with Gasteiger partial charge in [-0.25, -0.2) is 22.5 Å². The fraction of sp³-hybridized carbons (Fsp3) is 0.200. The summed E-state index contributed by atoms with van der Waals surface area (Å²) < 4.78 is 45.8. The Labute approximate surface area is 248 Å². The van der Waals surface area contributed by atoms with E-state index >= 15 is 0 Å². The first-order valence-electron chi connectivity index (χ1n) is 13.3. The number of nitrogens with zero attached hydrogens (tertiary/aromatic N) is 4. The van der Waals surface area contributed by atoms with Crippen molar-refractivity contribution in [1.82, 2.24) is 29.6 Å². The number of aromatic amines is 1. The summed E-state index contributed by atoms with van der Waals surface area (Å²) in [6.07, 6.45) is 7.59. The zero-order chi connectivity index (χ0) is 30.7. The van der Waals surface area contributed by atoms with E-state index in [-0.39, 0.29) is 18.1 Å². The van der Waals surface area contributed by atoms with Gasteiger partial charge in [-0.15, -0.1) is 0 Å². The SMILES string of the molecule is CN(C)CCOc1cncc(-c2cnc(N)c(C(=N)c3cc4c(-c5cc(F)cc(CNS(C)(=O)=O)c5)nccc4[nH]3)c2)c1. The summed E-state index contributed by atoms with van der Waals surface area (Å²) in [7, 11) is 0.485. The first kappa shape index (κ1) is 29.8. The van der Waals surface area contributed by atoms with Gasteiger partial charge in [-0.3, -0.25) is 15.4 Å². The standard InChI is InChI=1S/C30H31FN8O3S/c1-39(2)6-7-42-23-11-20(15-34-17-23)21-12-25(30(33)36-16-21)28(32)27-13-24-26(38-27)4-5-35-29(24)19-8-18(9-22(31)10-19)14-37-43(3,40)41/h4-5,8-13,15-17,32,37-38H,6-7,14H2,1-3H3,(H2,33,36). The smallest absolute Gasteiger partial charge is 0.209 e. The Morgan fingerprint density at radius 1 is 1.07 bits per heavy atom. The number of sulfonamides is 1. The first-order chi connectivity index (χ1) is 20.5. The van der Waals surface area contributed by atoms with Crippen LogP contribution in [0.2, 0.25) is 0 Å². The monoisotopic (exact) mass is 602 g/mol. The van der Waals surface area contributed by atoms with Gasteiger partial charge in [0.25, 0.3) is 0 Å². The summed E-state index contributed by atoms with van der Waals surface area (Å²) in [5.41, 5.74) is 10.8. The minimum Gasteiger partial charge on any atom is -0.491 e. The molecule has 0 atom stereocenters. The van der Waals surface area contributed by atoms with Crippen molar-refractivity contribution in [2.75, 3.05) is 39.2 Å². The molecule has 43 heavy (non-hydrogen) atoms. The van der Waals surface area contributed by atoms with Crippen LogP contribution in [-0.2, 0) is 16.6 Å². The van der Waals surface area contributed by atoms with E-state index in [0.717, 1.165) is 18.4 Å². The van der Waals surface area contributed by atoms with Gasteiger partial charge < -0.3 is 20.4 Å². The molecule has 0 spiro atoms. The molecule has 0 unspecified atom stereocenters. The number of nitrogen functional groups attached to an aromatic ring is 1. The number of halogens is 1. The number of hydrogen-bond donors (Lipinski definition) is 4. The summed E-state index contributed by atoms with van der Waals surface area (Å²) in [5, 5.41) is 9.65. The Bertz CT molecular complexity index is 1920. The molecular weight excluding hydrogens is 571 g/mol. The zero-order valence-electron chi connectivity index (χ0n) is 23.8. The Balaban J connectivity index is 1.46. The van der Waals surface area contributed by atoms with E-state index in [9.17, 15) is 12.8 Å². The Morgan fingerprint density at radius 2 is 1.86 bits per heavy atom. The maximum Gasteiger partial charge on any atom is 0.209 e. The largest absolute Gasteiger partial charge is 0.491 e. The van der Waals surface area contributed by atoms with Crippen molar-refractivity contribution < 1.29 is 17.5 Å². The number of pyridine rings is 3. The van der Waals surface area contributed by atoms with Gasteiger partial charge in [0.05, 0.1) is 29.6 Å². The third-order valence-corrected chi connectivity index (χ3v) is 7.30. The molecule has 1 aromatic carbocycles. The molecule has 222 valence electrons. The highest BCUT2D eigenvalue weighted by Crippen LogP contribution is 2.31. The summed E-state index contributed by atoms with van der Waals surface area (Å²) in [5.74, 6) is 0.281. The van der Waals surface area contributed by atoms with E-state index < -0.39 is 15.8 Å². The molecule has 0 fully saturated rings.